The number of amides is 1. The van der Waals surface area contributed by atoms with Gasteiger partial charge in [0.05, 0.1) is 12.7 Å². The van der Waals surface area contributed by atoms with E-state index in [4.69, 9.17) is 4.74 Å². The zero-order valence-corrected chi connectivity index (χ0v) is 18.5. The lowest BCUT2D eigenvalue weighted by atomic mass is 9.68. The van der Waals surface area contributed by atoms with Gasteiger partial charge in [-0.2, -0.15) is 0 Å². The molecular formula is C23H26N2O4S. The van der Waals surface area contributed by atoms with Crippen LogP contribution in [0, 0.1) is 5.41 Å². The van der Waals surface area contributed by atoms with Gasteiger partial charge in [-0.05, 0) is 35.8 Å². The molecular weight excluding hydrogens is 400 g/mol. The number of ether oxygens (including phenoxy) is 1. The largest absolute Gasteiger partial charge is 0.466 e. The molecule has 1 saturated heterocycles. The van der Waals surface area contributed by atoms with Crippen molar-refractivity contribution in [1.82, 2.24) is 10.2 Å². The van der Waals surface area contributed by atoms with Crippen molar-refractivity contribution in [1.29, 1.82) is 0 Å². The van der Waals surface area contributed by atoms with Crippen LogP contribution in [0.25, 0.3) is 0 Å². The summed E-state index contributed by atoms with van der Waals surface area (Å²) in [5, 5.41) is 2.85. The summed E-state index contributed by atoms with van der Waals surface area (Å²) < 4.78 is 5.10. The van der Waals surface area contributed by atoms with Gasteiger partial charge >= 0.3 is 5.97 Å². The molecule has 7 heteroatoms. The first-order valence-corrected chi connectivity index (χ1v) is 11.3. The number of rotatable bonds is 3. The molecule has 3 aliphatic rings. The van der Waals surface area contributed by atoms with Gasteiger partial charge < -0.3 is 15.0 Å². The second kappa shape index (κ2) is 7.61. The van der Waals surface area contributed by atoms with Crippen LogP contribution in [-0.2, 0) is 19.1 Å². The molecule has 2 heterocycles. The van der Waals surface area contributed by atoms with E-state index in [0.29, 0.717) is 37.2 Å². The molecule has 1 N–H and O–H groups in total. The number of fused-ring (bicyclic) bond motifs is 2. The summed E-state index contributed by atoms with van der Waals surface area (Å²) in [4.78, 5) is 42.3. The van der Waals surface area contributed by atoms with Crippen molar-refractivity contribution in [2.24, 2.45) is 5.41 Å². The Labute approximate surface area is 180 Å². The van der Waals surface area contributed by atoms with Crippen molar-refractivity contribution >= 4 is 29.4 Å². The predicted octanol–water partition coefficient (Wildman–Crippen LogP) is 3.01. The summed E-state index contributed by atoms with van der Waals surface area (Å²) in [5.41, 5.74) is 2.68. The molecule has 1 aliphatic carbocycles. The lowest BCUT2D eigenvalue weighted by molar-refractivity contribution is -0.137. The number of Topliss-reactive ketones (excluding diaryl/α,β-unsaturated/α-hetero) is 1. The van der Waals surface area contributed by atoms with E-state index in [9.17, 15) is 14.4 Å². The standard InChI is InChI=1S/C23H26N2O4S/c1-23(2)11-15-18(16(26)12-23)17(13-5-7-14(30-4)8-6-13)19(22(28)29-3)20-21(27)24-9-10-25(15)20/h5-8,17H,9-12H2,1-4H3,(H,24,27). The normalized spacial score (nSPS) is 23.1. The van der Waals surface area contributed by atoms with Gasteiger partial charge in [-0.25, -0.2) is 4.79 Å². The van der Waals surface area contributed by atoms with E-state index in [1.54, 1.807) is 11.8 Å². The zero-order chi connectivity index (χ0) is 21.6. The molecule has 2 aliphatic heterocycles. The van der Waals surface area contributed by atoms with E-state index in [0.717, 1.165) is 16.2 Å². The Morgan fingerprint density at radius 2 is 1.90 bits per heavy atom. The molecule has 0 bridgehead atoms. The molecule has 6 nitrogen and oxygen atoms in total. The number of carbonyl (C=O) groups is 3. The first-order chi connectivity index (χ1) is 14.3. The van der Waals surface area contributed by atoms with E-state index < -0.39 is 11.9 Å². The number of hydrogen-bond donors (Lipinski definition) is 1. The maximum atomic E-state index is 13.4. The number of allylic oxidation sites excluding steroid dienone is 2. The number of benzene rings is 1. The van der Waals surface area contributed by atoms with Gasteiger partial charge in [-0.3, -0.25) is 9.59 Å². The number of nitrogens with zero attached hydrogens (tertiary/aromatic N) is 1. The van der Waals surface area contributed by atoms with Crippen LogP contribution in [0.2, 0.25) is 0 Å². The number of methoxy groups -OCH3 is 1. The summed E-state index contributed by atoms with van der Waals surface area (Å²) in [7, 11) is 1.31. The first kappa shape index (κ1) is 20.7. The van der Waals surface area contributed by atoms with E-state index >= 15 is 0 Å². The lowest BCUT2D eigenvalue weighted by Gasteiger charge is -2.46. The Kier molecular flexibility index (Phi) is 5.26. The maximum Gasteiger partial charge on any atom is 0.337 e. The molecule has 1 amide bonds. The molecule has 1 aromatic carbocycles. The summed E-state index contributed by atoms with van der Waals surface area (Å²) in [6, 6.07) is 7.83. The Bertz CT molecular complexity index is 991. The molecule has 0 saturated carbocycles. The van der Waals surface area contributed by atoms with Crippen LogP contribution in [0.4, 0.5) is 0 Å². The van der Waals surface area contributed by atoms with E-state index in [1.807, 2.05) is 35.4 Å². The quantitative estimate of drug-likeness (QED) is 0.592. The number of carbonyl (C=O) groups excluding carboxylic acids is 3. The number of thioether (sulfide) groups is 1. The SMILES string of the molecule is COC(=O)C1=C2C(=O)NCCN2C2=C(C(=O)CC(C)(C)C2)C1c1ccc(SC)cc1. The summed E-state index contributed by atoms with van der Waals surface area (Å²) in [5.74, 6) is -1.45. The number of piperazine rings is 1. The van der Waals surface area contributed by atoms with Gasteiger partial charge in [-0.15, -0.1) is 11.8 Å². The third-order valence-electron chi connectivity index (χ3n) is 6.02. The molecule has 4 rings (SSSR count). The van der Waals surface area contributed by atoms with E-state index in [-0.39, 0.29) is 22.7 Å². The van der Waals surface area contributed by atoms with Gasteiger partial charge in [-0.1, -0.05) is 26.0 Å². The average molecular weight is 427 g/mol. The molecule has 158 valence electrons. The monoisotopic (exact) mass is 426 g/mol. The van der Waals surface area contributed by atoms with Crippen molar-refractivity contribution in [3.8, 4) is 0 Å². The fourth-order valence-electron chi connectivity index (χ4n) is 4.74. The molecule has 1 unspecified atom stereocenters. The van der Waals surface area contributed by atoms with Crippen LogP contribution in [0.1, 0.15) is 38.2 Å². The van der Waals surface area contributed by atoms with Gasteiger partial charge in [0.1, 0.15) is 5.70 Å². The van der Waals surface area contributed by atoms with Crippen molar-refractivity contribution in [2.45, 2.75) is 37.5 Å². The van der Waals surface area contributed by atoms with Gasteiger partial charge in [0.2, 0.25) is 0 Å². The molecule has 0 spiro atoms. The number of hydrogen-bond acceptors (Lipinski definition) is 6. The molecule has 30 heavy (non-hydrogen) atoms. The van der Waals surface area contributed by atoms with Crippen molar-refractivity contribution in [2.75, 3.05) is 26.5 Å². The first-order valence-electron chi connectivity index (χ1n) is 10.1. The minimum absolute atomic E-state index is 0.0339. The molecule has 0 aromatic heterocycles. The number of nitrogens with one attached hydrogen (secondary N) is 1. The third-order valence-corrected chi connectivity index (χ3v) is 6.76. The molecule has 1 fully saturated rings. The van der Waals surface area contributed by atoms with Gasteiger partial charge in [0.15, 0.2) is 5.78 Å². The van der Waals surface area contributed by atoms with Gasteiger partial charge in [0.25, 0.3) is 5.91 Å². The topological polar surface area (TPSA) is 75.7 Å². The minimum Gasteiger partial charge on any atom is -0.466 e. The van der Waals surface area contributed by atoms with Crippen LogP contribution in [0.15, 0.2) is 51.7 Å². The van der Waals surface area contributed by atoms with Crippen LogP contribution < -0.4 is 5.32 Å². The highest BCUT2D eigenvalue weighted by molar-refractivity contribution is 7.98. The lowest BCUT2D eigenvalue weighted by Crippen LogP contribution is -2.51. The highest BCUT2D eigenvalue weighted by Gasteiger charge is 2.48. The Morgan fingerprint density at radius 3 is 2.53 bits per heavy atom. The highest BCUT2D eigenvalue weighted by Crippen LogP contribution is 2.50. The van der Waals surface area contributed by atoms with Crippen molar-refractivity contribution < 1.29 is 19.1 Å². The van der Waals surface area contributed by atoms with Crippen molar-refractivity contribution in [3.63, 3.8) is 0 Å². The molecule has 1 atom stereocenters. The fourth-order valence-corrected chi connectivity index (χ4v) is 5.15. The Hall–Kier alpha value is -2.54. The predicted molar refractivity (Wildman–Crippen MR) is 115 cm³/mol. The van der Waals surface area contributed by atoms with Crippen LogP contribution in [0.5, 0.6) is 0 Å². The average Bonchev–Trinajstić information content (AvgIpc) is 2.72. The fraction of sp³-hybridized carbons (Fsp3) is 0.435. The Balaban J connectivity index is 1.99. The highest BCUT2D eigenvalue weighted by atomic mass is 32.2. The number of esters is 1. The summed E-state index contributed by atoms with van der Waals surface area (Å²) in [6.45, 7) is 5.14. The smallest absolute Gasteiger partial charge is 0.337 e. The molecule has 1 aromatic rings. The summed E-state index contributed by atoms with van der Waals surface area (Å²) >= 11 is 1.62. The minimum atomic E-state index is -0.609. The van der Waals surface area contributed by atoms with Crippen LogP contribution >= 0.6 is 11.8 Å². The van der Waals surface area contributed by atoms with Gasteiger partial charge in [0, 0.05) is 41.6 Å². The van der Waals surface area contributed by atoms with Crippen LogP contribution in [0.3, 0.4) is 0 Å². The number of ketones is 1. The van der Waals surface area contributed by atoms with Crippen molar-refractivity contribution in [3.05, 3.63) is 52.4 Å². The van der Waals surface area contributed by atoms with E-state index in [2.05, 4.69) is 19.2 Å². The maximum absolute atomic E-state index is 13.4. The molecule has 0 radical (unpaired) electrons. The second-order valence-electron chi connectivity index (χ2n) is 8.67. The van der Waals surface area contributed by atoms with Crippen LogP contribution in [-0.4, -0.2) is 49.0 Å². The van der Waals surface area contributed by atoms with E-state index in [1.165, 1.54) is 7.11 Å². The third kappa shape index (κ3) is 3.35. The zero-order valence-electron chi connectivity index (χ0n) is 17.7. The second-order valence-corrected chi connectivity index (χ2v) is 9.55. The Morgan fingerprint density at radius 1 is 1.20 bits per heavy atom. The summed E-state index contributed by atoms with van der Waals surface area (Å²) in [6.07, 6.45) is 3.09.